The molecule has 0 spiro atoms. The molecule has 11 nitrogen and oxygen atoms in total. The van der Waals surface area contributed by atoms with Gasteiger partial charge in [0.15, 0.2) is 17.3 Å². The predicted octanol–water partition coefficient (Wildman–Crippen LogP) is 2.54. The van der Waals surface area contributed by atoms with Crippen molar-refractivity contribution in [2.45, 2.75) is 13.8 Å². The van der Waals surface area contributed by atoms with Gasteiger partial charge < -0.3 is 30.2 Å². The quantitative estimate of drug-likeness (QED) is 0.433. The summed E-state index contributed by atoms with van der Waals surface area (Å²) >= 11 is 0. The van der Waals surface area contributed by atoms with Crippen LogP contribution in [0.2, 0.25) is 0 Å². The molecule has 32 heavy (non-hydrogen) atoms. The zero-order valence-corrected chi connectivity index (χ0v) is 18.7. The Labute approximate surface area is 186 Å². The van der Waals surface area contributed by atoms with Crippen LogP contribution in [-0.2, 0) is 0 Å². The summed E-state index contributed by atoms with van der Waals surface area (Å²) in [6.45, 7) is 4.73. The van der Waals surface area contributed by atoms with Crippen molar-refractivity contribution >= 4 is 17.5 Å². The minimum Gasteiger partial charge on any atom is -0.493 e. The van der Waals surface area contributed by atoms with Crippen LogP contribution in [0.1, 0.15) is 11.4 Å². The number of amides is 2. The predicted molar refractivity (Wildman–Crippen MR) is 120 cm³/mol. The molecule has 0 aliphatic heterocycles. The summed E-state index contributed by atoms with van der Waals surface area (Å²) in [5.41, 5.74) is 2.41. The van der Waals surface area contributed by atoms with E-state index in [2.05, 4.69) is 31.2 Å². The SMILES string of the molecule is COc1cc(NC(=O)NCCNc2ccc(-n3nc(C)cc3C)nn2)cc(OC)c1OC. The average Bonchev–Trinajstić information content (AvgIpc) is 3.14. The van der Waals surface area contributed by atoms with E-state index < -0.39 is 0 Å². The van der Waals surface area contributed by atoms with Gasteiger partial charge in [-0.15, -0.1) is 10.2 Å². The molecule has 3 rings (SSSR count). The van der Waals surface area contributed by atoms with E-state index in [0.717, 1.165) is 11.4 Å². The number of rotatable bonds is 9. The minimum atomic E-state index is -0.368. The molecule has 3 aromatic rings. The number of nitrogens with zero attached hydrogens (tertiary/aromatic N) is 4. The van der Waals surface area contributed by atoms with E-state index in [1.54, 1.807) is 16.8 Å². The zero-order chi connectivity index (χ0) is 23.1. The Kier molecular flexibility index (Phi) is 7.32. The van der Waals surface area contributed by atoms with E-state index in [4.69, 9.17) is 14.2 Å². The van der Waals surface area contributed by atoms with Crippen molar-refractivity contribution in [2.24, 2.45) is 0 Å². The molecule has 0 saturated carbocycles. The maximum absolute atomic E-state index is 12.2. The zero-order valence-electron chi connectivity index (χ0n) is 18.7. The average molecular weight is 441 g/mol. The number of carbonyl (C=O) groups is 1. The van der Waals surface area contributed by atoms with Crippen molar-refractivity contribution in [1.82, 2.24) is 25.3 Å². The summed E-state index contributed by atoms with van der Waals surface area (Å²) in [7, 11) is 4.55. The van der Waals surface area contributed by atoms with Crippen molar-refractivity contribution in [3.8, 4) is 23.1 Å². The molecule has 170 valence electrons. The second kappa shape index (κ2) is 10.3. The molecule has 0 radical (unpaired) electrons. The number of methoxy groups -OCH3 is 3. The van der Waals surface area contributed by atoms with Crippen molar-refractivity contribution in [1.29, 1.82) is 0 Å². The van der Waals surface area contributed by atoms with Crippen LogP contribution in [0.25, 0.3) is 5.82 Å². The lowest BCUT2D eigenvalue weighted by atomic mass is 10.2. The van der Waals surface area contributed by atoms with Gasteiger partial charge >= 0.3 is 6.03 Å². The number of hydrogen-bond donors (Lipinski definition) is 3. The van der Waals surface area contributed by atoms with Gasteiger partial charge in [-0.1, -0.05) is 0 Å². The van der Waals surface area contributed by atoms with Gasteiger partial charge in [-0.2, -0.15) is 5.10 Å². The van der Waals surface area contributed by atoms with E-state index in [9.17, 15) is 4.79 Å². The van der Waals surface area contributed by atoms with Crippen LogP contribution < -0.4 is 30.2 Å². The maximum atomic E-state index is 12.2. The standard InChI is InChI=1S/C21H27N7O4/c1-13-10-14(2)28(27-13)19-7-6-18(25-26-19)22-8-9-23-21(29)24-15-11-16(30-3)20(32-5)17(12-15)31-4/h6-7,10-12H,8-9H2,1-5H3,(H,22,25)(H2,23,24,29). The number of benzene rings is 1. The highest BCUT2D eigenvalue weighted by Gasteiger charge is 2.14. The van der Waals surface area contributed by atoms with E-state index in [1.807, 2.05) is 32.0 Å². The molecule has 11 heteroatoms. The molecule has 0 aliphatic rings. The lowest BCUT2D eigenvalue weighted by molar-refractivity contribution is 0.252. The fourth-order valence-corrected chi connectivity index (χ4v) is 3.09. The third-order valence-corrected chi connectivity index (χ3v) is 4.52. The minimum absolute atomic E-state index is 0.368. The number of ether oxygens (including phenoxy) is 3. The molecule has 0 atom stereocenters. The molecule has 0 aliphatic carbocycles. The van der Waals surface area contributed by atoms with E-state index >= 15 is 0 Å². The highest BCUT2D eigenvalue weighted by molar-refractivity contribution is 5.90. The van der Waals surface area contributed by atoms with E-state index in [1.165, 1.54) is 21.3 Å². The number of hydrogen-bond acceptors (Lipinski definition) is 8. The van der Waals surface area contributed by atoms with Crippen molar-refractivity contribution in [3.05, 3.63) is 41.7 Å². The van der Waals surface area contributed by atoms with Crippen LogP contribution in [0.15, 0.2) is 30.3 Å². The summed E-state index contributed by atoms with van der Waals surface area (Å²) < 4.78 is 17.6. The van der Waals surface area contributed by atoms with Gasteiger partial charge in [-0.05, 0) is 32.0 Å². The Morgan fingerprint density at radius 3 is 2.22 bits per heavy atom. The molecular weight excluding hydrogens is 414 g/mol. The first-order valence-corrected chi connectivity index (χ1v) is 9.91. The topological polar surface area (TPSA) is 124 Å². The van der Waals surface area contributed by atoms with Crippen molar-refractivity contribution in [2.75, 3.05) is 45.1 Å². The number of aromatic nitrogens is 4. The van der Waals surface area contributed by atoms with Gasteiger partial charge in [0, 0.05) is 30.9 Å². The first-order valence-electron chi connectivity index (χ1n) is 9.91. The molecular formula is C21H27N7O4. The summed E-state index contributed by atoms with van der Waals surface area (Å²) in [5.74, 6) is 2.60. The lowest BCUT2D eigenvalue weighted by Crippen LogP contribution is -2.32. The smallest absolute Gasteiger partial charge is 0.319 e. The monoisotopic (exact) mass is 441 g/mol. The molecule has 0 saturated heterocycles. The summed E-state index contributed by atoms with van der Waals surface area (Å²) in [6.07, 6.45) is 0. The molecule has 2 amide bonds. The summed E-state index contributed by atoms with van der Waals surface area (Å²) in [5, 5.41) is 21.4. The second-order valence-electron chi connectivity index (χ2n) is 6.84. The molecule has 0 fully saturated rings. The Morgan fingerprint density at radius 1 is 0.969 bits per heavy atom. The molecule has 0 bridgehead atoms. The Balaban J connectivity index is 1.49. The Hall–Kier alpha value is -4.02. The van der Waals surface area contributed by atoms with Crippen LogP contribution in [0.4, 0.5) is 16.3 Å². The molecule has 2 aromatic heterocycles. The molecule has 0 unspecified atom stereocenters. The first-order chi connectivity index (χ1) is 15.4. The van der Waals surface area contributed by atoms with Gasteiger partial charge in [0.1, 0.15) is 5.82 Å². The Bertz CT molecular complexity index is 1040. The van der Waals surface area contributed by atoms with Gasteiger partial charge in [0.05, 0.1) is 32.7 Å². The van der Waals surface area contributed by atoms with E-state index in [-0.39, 0.29) is 6.03 Å². The number of aryl methyl sites for hydroxylation is 2. The molecule has 2 heterocycles. The first kappa shape index (κ1) is 22.7. The highest BCUT2D eigenvalue weighted by atomic mass is 16.5. The molecule has 1 aromatic carbocycles. The third kappa shape index (κ3) is 5.36. The fourth-order valence-electron chi connectivity index (χ4n) is 3.09. The number of nitrogens with one attached hydrogen (secondary N) is 3. The van der Waals surface area contributed by atoms with E-state index in [0.29, 0.717) is 47.7 Å². The van der Waals surface area contributed by atoms with Gasteiger partial charge in [-0.3, -0.25) is 0 Å². The maximum Gasteiger partial charge on any atom is 0.319 e. The van der Waals surface area contributed by atoms with Gasteiger partial charge in [0.25, 0.3) is 0 Å². The normalized spacial score (nSPS) is 10.4. The van der Waals surface area contributed by atoms with Crippen LogP contribution in [-0.4, -0.2) is 60.4 Å². The summed E-state index contributed by atoms with van der Waals surface area (Å²) in [4.78, 5) is 12.2. The largest absolute Gasteiger partial charge is 0.493 e. The van der Waals surface area contributed by atoms with Crippen LogP contribution in [0.5, 0.6) is 17.2 Å². The third-order valence-electron chi connectivity index (χ3n) is 4.52. The van der Waals surface area contributed by atoms with Crippen molar-refractivity contribution in [3.63, 3.8) is 0 Å². The number of carbonyl (C=O) groups excluding carboxylic acids is 1. The van der Waals surface area contributed by atoms with Crippen molar-refractivity contribution < 1.29 is 19.0 Å². The fraction of sp³-hybridized carbons (Fsp3) is 0.333. The summed E-state index contributed by atoms with van der Waals surface area (Å²) in [6, 6.07) is 8.56. The lowest BCUT2D eigenvalue weighted by Gasteiger charge is -2.15. The highest BCUT2D eigenvalue weighted by Crippen LogP contribution is 2.39. The Morgan fingerprint density at radius 2 is 1.69 bits per heavy atom. The van der Waals surface area contributed by atoms with Gasteiger partial charge in [-0.25, -0.2) is 9.48 Å². The molecule has 3 N–H and O–H groups in total. The second-order valence-corrected chi connectivity index (χ2v) is 6.84. The number of urea groups is 1. The van der Waals surface area contributed by atoms with Gasteiger partial charge in [0.2, 0.25) is 5.75 Å². The van der Waals surface area contributed by atoms with Crippen LogP contribution in [0, 0.1) is 13.8 Å². The number of anilines is 2. The van der Waals surface area contributed by atoms with Crippen LogP contribution in [0.3, 0.4) is 0 Å². The van der Waals surface area contributed by atoms with Crippen LogP contribution >= 0.6 is 0 Å².